The first-order valence-corrected chi connectivity index (χ1v) is 10.0. The van der Waals surface area contributed by atoms with Crippen molar-refractivity contribution in [3.05, 3.63) is 48.3 Å². The number of esters is 1. The number of sulfone groups is 1. The van der Waals surface area contributed by atoms with Crippen LogP contribution in [0.3, 0.4) is 0 Å². The fourth-order valence-electron chi connectivity index (χ4n) is 2.66. The van der Waals surface area contributed by atoms with Gasteiger partial charge in [0.15, 0.2) is 15.6 Å². The molecule has 9 heteroatoms. The number of ether oxygens (including phenoxy) is 1. The van der Waals surface area contributed by atoms with Crippen LogP contribution in [0.25, 0.3) is 0 Å². The zero-order valence-electron chi connectivity index (χ0n) is 14.7. The summed E-state index contributed by atoms with van der Waals surface area (Å²) in [7, 11) is -3.42. The Morgan fingerprint density at radius 2 is 2.11 bits per heavy atom. The number of benzene rings is 1. The Balaban J connectivity index is 1.74. The number of amides is 1. The Bertz CT molecular complexity index is 960. The largest absolute Gasteiger partial charge is 0.423 e. The molecular weight excluding hydrogens is 370 g/mol. The van der Waals surface area contributed by atoms with Crippen molar-refractivity contribution in [2.24, 2.45) is 0 Å². The van der Waals surface area contributed by atoms with Gasteiger partial charge in [-0.2, -0.15) is 0 Å². The van der Waals surface area contributed by atoms with Crippen molar-refractivity contribution in [3.63, 3.8) is 0 Å². The molecule has 142 valence electrons. The quantitative estimate of drug-likeness (QED) is 0.578. The number of anilines is 1. The highest BCUT2D eigenvalue weighted by atomic mass is 32.2. The summed E-state index contributed by atoms with van der Waals surface area (Å²) < 4.78 is 29.2. The summed E-state index contributed by atoms with van der Waals surface area (Å²) in [6.07, 6.45) is 1.64. The molecule has 1 aliphatic rings. The average molecular weight is 389 g/mol. The van der Waals surface area contributed by atoms with Gasteiger partial charge in [0.1, 0.15) is 6.54 Å². The summed E-state index contributed by atoms with van der Waals surface area (Å²) in [5.41, 5.74) is 1.22. The maximum Gasteiger partial charge on any atom is 0.331 e. The molecule has 8 nitrogen and oxygen atoms in total. The zero-order chi connectivity index (χ0) is 19.4. The number of pyridine rings is 1. The second kappa shape index (κ2) is 7.75. The molecule has 0 saturated carbocycles. The van der Waals surface area contributed by atoms with E-state index in [-0.39, 0.29) is 41.9 Å². The van der Waals surface area contributed by atoms with Crippen LogP contribution >= 0.6 is 0 Å². The number of rotatable bonds is 6. The molecule has 0 spiro atoms. The van der Waals surface area contributed by atoms with Crippen LogP contribution in [0.5, 0.6) is 5.75 Å². The summed E-state index contributed by atoms with van der Waals surface area (Å²) in [6.45, 7) is 1.66. The lowest BCUT2D eigenvalue weighted by molar-refractivity contribution is -0.133. The zero-order valence-corrected chi connectivity index (χ0v) is 15.5. The number of nitrogens with zero attached hydrogens (tertiary/aromatic N) is 2. The van der Waals surface area contributed by atoms with Gasteiger partial charge >= 0.3 is 5.97 Å². The molecule has 0 fully saturated rings. The van der Waals surface area contributed by atoms with Crippen LogP contribution in [0.4, 0.5) is 5.69 Å². The molecule has 2 heterocycles. The molecule has 0 atom stereocenters. The van der Waals surface area contributed by atoms with Crippen molar-refractivity contribution in [2.75, 3.05) is 23.7 Å². The number of hydrogen-bond donors (Lipinski definition) is 1. The normalized spacial score (nSPS) is 13.7. The molecule has 0 bridgehead atoms. The summed E-state index contributed by atoms with van der Waals surface area (Å²) >= 11 is 0. The molecule has 0 radical (unpaired) electrons. The first-order chi connectivity index (χ1) is 12.9. The maximum atomic E-state index is 12.2. The van der Waals surface area contributed by atoms with Crippen LogP contribution in [0.15, 0.2) is 47.5 Å². The summed E-state index contributed by atoms with van der Waals surface area (Å²) in [6, 6.07) is 9.74. The monoisotopic (exact) mass is 389 g/mol. The van der Waals surface area contributed by atoms with E-state index in [2.05, 4.69) is 10.3 Å². The maximum absolute atomic E-state index is 12.2. The van der Waals surface area contributed by atoms with Crippen LogP contribution in [0.2, 0.25) is 0 Å². The van der Waals surface area contributed by atoms with E-state index in [1.807, 2.05) is 6.07 Å². The Labute approximate surface area is 157 Å². The molecule has 1 aliphatic heterocycles. The number of fused-ring (bicyclic) bond motifs is 1. The van der Waals surface area contributed by atoms with E-state index in [4.69, 9.17) is 4.74 Å². The third-order valence-corrected chi connectivity index (χ3v) is 5.81. The first kappa shape index (κ1) is 18.8. The van der Waals surface area contributed by atoms with E-state index in [0.29, 0.717) is 5.69 Å². The molecule has 1 aromatic heterocycles. The minimum absolute atomic E-state index is 0.0562. The number of carbonyl (C=O) groups excluding carboxylic acids is 2. The van der Waals surface area contributed by atoms with Crippen LogP contribution in [0.1, 0.15) is 12.6 Å². The van der Waals surface area contributed by atoms with Crippen molar-refractivity contribution in [1.82, 2.24) is 10.3 Å². The fraction of sp³-hybridized carbons (Fsp3) is 0.278. The molecule has 27 heavy (non-hydrogen) atoms. The van der Waals surface area contributed by atoms with Crippen LogP contribution in [-0.4, -0.2) is 44.1 Å². The molecule has 0 saturated heterocycles. The smallest absolute Gasteiger partial charge is 0.331 e. The molecule has 0 unspecified atom stereocenters. The minimum atomic E-state index is -3.42. The predicted molar refractivity (Wildman–Crippen MR) is 98.1 cm³/mol. The van der Waals surface area contributed by atoms with Crippen molar-refractivity contribution in [2.45, 2.75) is 18.4 Å². The Hall–Kier alpha value is -2.94. The second-order valence-corrected chi connectivity index (χ2v) is 8.24. The molecule has 1 amide bonds. The number of nitrogens with one attached hydrogen (secondary N) is 1. The molecule has 1 aromatic carbocycles. The van der Waals surface area contributed by atoms with Crippen molar-refractivity contribution >= 4 is 27.4 Å². The van der Waals surface area contributed by atoms with Crippen LogP contribution < -0.4 is 15.0 Å². The highest BCUT2D eigenvalue weighted by Crippen LogP contribution is 2.34. The van der Waals surface area contributed by atoms with Crippen LogP contribution in [-0.2, 0) is 26.0 Å². The van der Waals surface area contributed by atoms with Crippen molar-refractivity contribution < 1.29 is 22.7 Å². The molecule has 3 rings (SSSR count). The van der Waals surface area contributed by atoms with Gasteiger partial charge in [0, 0.05) is 12.3 Å². The second-order valence-electron chi connectivity index (χ2n) is 5.96. The molecular formula is C18H19N3O5S. The average Bonchev–Trinajstić information content (AvgIpc) is 2.66. The Kier molecular flexibility index (Phi) is 5.41. The minimum Gasteiger partial charge on any atom is -0.423 e. The van der Waals surface area contributed by atoms with Gasteiger partial charge in [-0.3, -0.25) is 9.78 Å². The van der Waals surface area contributed by atoms with Gasteiger partial charge in [0.25, 0.3) is 0 Å². The lowest BCUT2D eigenvalue weighted by Gasteiger charge is -2.29. The fourth-order valence-corrected chi connectivity index (χ4v) is 3.55. The van der Waals surface area contributed by atoms with E-state index in [0.717, 1.165) is 5.69 Å². The lowest BCUT2D eigenvalue weighted by Crippen LogP contribution is -2.43. The molecule has 1 N–H and O–H groups in total. The van der Waals surface area contributed by atoms with E-state index < -0.39 is 15.8 Å². The van der Waals surface area contributed by atoms with E-state index >= 15 is 0 Å². The third-order valence-electron chi connectivity index (χ3n) is 4.08. The molecule has 2 aromatic rings. The van der Waals surface area contributed by atoms with E-state index in [1.54, 1.807) is 36.2 Å². The van der Waals surface area contributed by atoms with Gasteiger partial charge in [-0.1, -0.05) is 13.0 Å². The highest BCUT2D eigenvalue weighted by Gasteiger charge is 2.27. The van der Waals surface area contributed by atoms with E-state index in [1.165, 1.54) is 12.1 Å². The van der Waals surface area contributed by atoms with Gasteiger partial charge < -0.3 is 15.0 Å². The Morgan fingerprint density at radius 1 is 1.30 bits per heavy atom. The van der Waals surface area contributed by atoms with Crippen molar-refractivity contribution in [1.29, 1.82) is 0 Å². The standard InChI is InChI=1S/C18H19N3O5S/c1-2-27(24,25)14-6-7-15-16(9-14)26-18(23)12-21(15)11-17(22)20-10-13-5-3-4-8-19-13/h3-9H,2,10-12H2,1H3,(H,20,22). The van der Waals surface area contributed by atoms with Gasteiger partial charge in [0.05, 0.1) is 35.1 Å². The number of hydrogen-bond acceptors (Lipinski definition) is 7. The van der Waals surface area contributed by atoms with Crippen molar-refractivity contribution in [3.8, 4) is 5.75 Å². The predicted octanol–water partition coefficient (Wildman–Crippen LogP) is 0.917. The number of aromatic nitrogens is 1. The summed E-state index contributed by atoms with van der Waals surface area (Å²) in [4.78, 5) is 29.9. The third kappa shape index (κ3) is 4.43. The first-order valence-electron chi connectivity index (χ1n) is 8.38. The SMILES string of the molecule is CCS(=O)(=O)c1ccc2c(c1)OC(=O)CN2CC(=O)NCc1ccccn1. The summed E-state index contributed by atoms with van der Waals surface area (Å²) in [5.74, 6) is -0.754. The van der Waals surface area contributed by atoms with Gasteiger partial charge in [-0.25, -0.2) is 13.2 Å². The van der Waals surface area contributed by atoms with E-state index in [9.17, 15) is 18.0 Å². The van der Waals surface area contributed by atoms with Gasteiger partial charge in [-0.15, -0.1) is 0 Å². The number of carbonyl (C=O) groups is 2. The molecule has 0 aliphatic carbocycles. The topological polar surface area (TPSA) is 106 Å². The lowest BCUT2D eigenvalue weighted by atomic mass is 10.2. The Morgan fingerprint density at radius 3 is 2.81 bits per heavy atom. The highest BCUT2D eigenvalue weighted by molar-refractivity contribution is 7.91. The van der Waals surface area contributed by atoms with Gasteiger partial charge in [-0.05, 0) is 24.3 Å². The van der Waals surface area contributed by atoms with Crippen LogP contribution in [0, 0.1) is 0 Å². The van der Waals surface area contributed by atoms with Gasteiger partial charge in [0.2, 0.25) is 5.91 Å². The summed E-state index contributed by atoms with van der Waals surface area (Å²) in [5, 5.41) is 2.75.